The first kappa shape index (κ1) is 16.6. The number of rotatable bonds is 8. The van der Waals surface area contributed by atoms with Crippen molar-refractivity contribution in [1.29, 1.82) is 0 Å². The number of aromatic nitrogens is 1. The molecule has 0 saturated carbocycles. The van der Waals surface area contributed by atoms with E-state index in [-0.39, 0.29) is 5.69 Å². The zero-order valence-corrected chi connectivity index (χ0v) is 13.0. The summed E-state index contributed by atoms with van der Waals surface area (Å²) in [6.07, 6.45) is 3.69. The lowest BCUT2D eigenvalue weighted by atomic mass is 10.1. The number of carboxylic acid groups (broad SMARTS) is 1. The smallest absolute Gasteiger partial charge is 0.354 e. The Hall–Kier alpha value is -1.42. The molecule has 1 rings (SSSR count). The minimum Gasteiger partial charge on any atom is -0.477 e. The Morgan fingerprint density at radius 2 is 2.00 bits per heavy atom. The van der Waals surface area contributed by atoms with Crippen LogP contribution in [0.2, 0.25) is 0 Å². The van der Waals surface area contributed by atoms with Crippen LogP contribution in [0.5, 0.6) is 0 Å². The zero-order valence-electron chi connectivity index (χ0n) is 13.0. The van der Waals surface area contributed by atoms with Crippen molar-refractivity contribution in [3.05, 3.63) is 29.6 Å². The molecule has 0 aromatic carbocycles. The van der Waals surface area contributed by atoms with Crippen molar-refractivity contribution >= 4 is 5.97 Å². The van der Waals surface area contributed by atoms with Crippen LogP contribution in [-0.2, 0) is 6.54 Å². The molecule has 0 bridgehead atoms. The normalized spacial score (nSPS) is 11.6. The number of pyridine rings is 1. The van der Waals surface area contributed by atoms with E-state index in [0.717, 1.165) is 24.9 Å². The van der Waals surface area contributed by atoms with E-state index >= 15 is 0 Å². The minimum absolute atomic E-state index is 0.173. The Morgan fingerprint density at radius 1 is 1.35 bits per heavy atom. The summed E-state index contributed by atoms with van der Waals surface area (Å²) in [6.45, 7) is 10.4. The maximum atomic E-state index is 11.3. The van der Waals surface area contributed by atoms with Gasteiger partial charge in [-0.15, -0.1) is 0 Å². The fourth-order valence-corrected chi connectivity index (χ4v) is 2.59. The van der Waals surface area contributed by atoms with Gasteiger partial charge in [0.1, 0.15) is 0 Å². The van der Waals surface area contributed by atoms with Gasteiger partial charge in [0.25, 0.3) is 0 Å². The SMILES string of the molecule is CCC(CC)N(Cc1cccnc1C(=O)O)CC(C)C. The molecular formula is C16H26N2O2. The second-order valence-electron chi connectivity index (χ2n) is 5.61. The number of aromatic carboxylic acids is 1. The summed E-state index contributed by atoms with van der Waals surface area (Å²) in [4.78, 5) is 17.6. The van der Waals surface area contributed by atoms with Crippen molar-refractivity contribution in [1.82, 2.24) is 9.88 Å². The third-order valence-electron chi connectivity index (χ3n) is 3.53. The van der Waals surface area contributed by atoms with Crippen LogP contribution >= 0.6 is 0 Å². The zero-order chi connectivity index (χ0) is 15.1. The highest BCUT2D eigenvalue weighted by molar-refractivity contribution is 5.86. The van der Waals surface area contributed by atoms with E-state index in [1.807, 2.05) is 12.1 Å². The molecular weight excluding hydrogens is 252 g/mol. The van der Waals surface area contributed by atoms with Gasteiger partial charge in [0.2, 0.25) is 0 Å². The molecule has 0 atom stereocenters. The van der Waals surface area contributed by atoms with Crippen molar-refractivity contribution in [3.8, 4) is 0 Å². The summed E-state index contributed by atoms with van der Waals surface area (Å²) in [5.74, 6) is -0.393. The molecule has 0 aliphatic rings. The molecule has 1 N–H and O–H groups in total. The summed E-state index contributed by atoms with van der Waals surface area (Å²) >= 11 is 0. The van der Waals surface area contributed by atoms with Crippen molar-refractivity contribution < 1.29 is 9.90 Å². The molecule has 1 aromatic heterocycles. The van der Waals surface area contributed by atoms with Crippen molar-refractivity contribution in [3.63, 3.8) is 0 Å². The van der Waals surface area contributed by atoms with Crippen LogP contribution in [0.15, 0.2) is 18.3 Å². The number of carboxylic acids is 1. The van der Waals surface area contributed by atoms with Crippen molar-refractivity contribution in [2.24, 2.45) is 5.92 Å². The summed E-state index contributed by atoms with van der Waals surface area (Å²) in [6, 6.07) is 4.16. The lowest BCUT2D eigenvalue weighted by Gasteiger charge is -2.32. The van der Waals surface area contributed by atoms with Gasteiger partial charge in [-0.3, -0.25) is 4.90 Å². The average Bonchev–Trinajstić information content (AvgIpc) is 2.39. The number of hydrogen-bond acceptors (Lipinski definition) is 3. The van der Waals surface area contributed by atoms with Crippen LogP contribution in [0.4, 0.5) is 0 Å². The third-order valence-corrected chi connectivity index (χ3v) is 3.53. The Morgan fingerprint density at radius 3 is 2.50 bits per heavy atom. The lowest BCUT2D eigenvalue weighted by molar-refractivity contribution is 0.0686. The summed E-state index contributed by atoms with van der Waals surface area (Å²) in [5, 5.41) is 9.23. The first-order valence-electron chi connectivity index (χ1n) is 7.40. The Labute approximate surface area is 121 Å². The largest absolute Gasteiger partial charge is 0.477 e. The molecule has 112 valence electrons. The standard InChI is InChI=1S/C16H26N2O2/c1-5-14(6-2)18(10-12(3)4)11-13-8-7-9-17-15(13)16(19)20/h7-9,12,14H,5-6,10-11H2,1-4H3,(H,19,20). The van der Waals surface area contributed by atoms with Gasteiger partial charge in [-0.1, -0.05) is 33.8 Å². The molecule has 4 heteroatoms. The summed E-state index contributed by atoms with van der Waals surface area (Å²) in [7, 11) is 0. The molecule has 0 amide bonds. The van der Waals surface area contributed by atoms with Gasteiger partial charge in [-0.05, 0) is 30.4 Å². The van der Waals surface area contributed by atoms with E-state index in [1.54, 1.807) is 0 Å². The van der Waals surface area contributed by atoms with Crippen LogP contribution in [0.25, 0.3) is 0 Å². The molecule has 0 aliphatic carbocycles. The van der Waals surface area contributed by atoms with E-state index in [1.165, 1.54) is 6.20 Å². The Balaban J connectivity index is 2.97. The summed E-state index contributed by atoms with van der Waals surface area (Å²) in [5.41, 5.74) is 0.972. The topological polar surface area (TPSA) is 53.4 Å². The highest BCUT2D eigenvalue weighted by Crippen LogP contribution is 2.17. The fourth-order valence-electron chi connectivity index (χ4n) is 2.59. The van der Waals surface area contributed by atoms with Crippen molar-refractivity contribution in [2.45, 2.75) is 53.1 Å². The molecule has 0 fully saturated rings. The van der Waals surface area contributed by atoms with Gasteiger partial charge in [0.05, 0.1) is 0 Å². The first-order valence-corrected chi connectivity index (χ1v) is 7.40. The third kappa shape index (κ3) is 4.60. The molecule has 0 saturated heterocycles. The second kappa shape index (κ2) is 8.00. The predicted octanol–water partition coefficient (Wildman–Crippen LogP) is 3.43. The van der Waals surface area contributed by atoms with E-state index in [9.17, 15) is 9.90 Å². The molecule has 4 nitrogen and oxygen atoms in total. The number of carbonyl (C=O) groups is 1. The first-order chi connectivity index (χ1) is 9.49. The van der Waals surface area contributed by atoms with Gasteiger partial charge in [0, 0.05) is 25.3 Å². The van der Waals surface area contributed by atoms with Gasteiger partial charge in [0.15, 0.2) is 5.69 Å². The maximum absolute atomic E-state index is 11.3. The van der Waals surface area contributed by atoms with Crippen LogP contribution in [0.3, 0.4) is 0 Å². The minimum atomic E-state index is -0.949. The van der Waals surface area contributed by atoms with Crippen LogP contribution < -0.4 is 0 Å². The number of hydrogen-bond donors (Lipinski definition) is 1. The van der Waals surface area contributed by atoms with E-state index < -0.39 is 5.97 Å². The molecule has 20 heavy (non-hydrogen) atoms. The average molecular weight is 278 g/mol. The molecule has 0 radical (unpaired) electrons. The highest BCUT2D eigenvalue weighted by atomic mass is 16.4. The quantitative estimate of drug-likeness (QED) is 0.791. The predicted molar refractivity (Wildman–Crippen MR) is 80.8 cm³/mol. The lowest BCUT2D eigenvalue weighted by Crippen LogP contribution is -2.37. The van der Waals surface area contributed by atoms with E-state index in [0.29, 0.717) is 18.5 Å². The second-order valence-corrected chi connectivity index (χ2v) is 5.61. The van der Waals surface area contributed by atoms with Gasteiger partial charge >= 0.3 is 5.97 Å². The fraction of sp³-hybridized carbons (Fsp3) is 0.625. The monoisotopic (exact) mass is 278 g/mol. The van der Waals surface area contributed by atoms with Crippen LogP contribution in [0.1, 0.15) is 56.6 Å². The highest BCUT2D eigenvalue weighted by Gasteiger charge is 2.20. The Bertz CT molecular complexity index is 428. The molecule has 1 heterocycles. The van der Waals surface area contributed by atoms with Gasteiger partial charge < -0.3 is 5.11 Å². The maximum Gasteiger partial charge on any atom is 0.354 e. The number of nitrogens with zero attached hydrogens (tertiary/aromatic N) is 2. The summed E-state index contributed by atoms with van der Waals surface area (Å²) < 4.78 is 0. The van der Waals surface area contributed by atoms with Crippen molar-refractivity contribution in [2.75, 3.05) is 6.54 Å². The molecule has 0 aliphatic heterocycles. The Kier molecular flexibility index (Phi) is 6.65. The van der Waals surface area contributed by atoms with Gasteiger partial charge in [-0.2, -0.15) is 0 Å². The van der Waals surface area contributed by atoms with Crippen LogP contribution in [0, 0.1) is 5.92 Å². The van der Waals surface area contributed by atoms with E-state index in [2.05, 4.69) is 37.6 Å². The van der Waals surface area contributed by atoms with Crippen LogP contribution in [-0.4, -0.2) is 33.5 Å². The molecule has 0 unspecified atom stereocenters. The molecule has 1 aromatic rings. The van der Waals surface area contributed by atoms with E-state index in [4.69, 9.17) is 0 Å². The van der Waals surface area contributed by atoms with Gasteiger partial charge in [-0.25, -0.2) is 9.78 Å². The molecule has 0 spiro atoms.